The number of hydrogen-bond acceptors (Lipinski definition) is 5. The highest BCUT2D eigenvalue weighted by Gasteiger charge is 2.07. The quantitative estimate of drug-likeness (QED) is 0.541. The first-order valence-electron chi connectivity index (χ1n) is 9.52. The smallest absolute Gasteiger partial charge is 0.258 e. The lowest BCUT2D eigenvalue weighted by atomic mass is 10.2. The molecule has 3 aromatic rings. The first kappa shape index (κ1) is 20.9. The van der Waals surface area contributed by atoms with E-state index in [1.54, 1.807) is 18.3 Å². The summed E-state index contributed by atoms with van der Waals surface area (Å²) in [5.74, 6) is 0.641. The van der Waals surface area contributed by atoms with E-state index in [0.29, 0.717) is 24.7 Å². The Morgan fingerprint density at radius 3 is 2.40 bits per heavy atom. The summed E-state index contributed by atoms with van der Waals surface area (Å²) in [5.41, 5.74) is 1.73. The molecule has 0 saturated carbocycles. The zero-order valence-electron chi connectivity index (χ0n) is 16.4. The van der Waals surface area contributed by atoms with Gasteiger partial charge in [0.25, 0.3) is 5.91 Å². The van der Waals surface area contributed by atoms with Crippen LogP contribution in [0.2, 0.25) is 0 Å². The number of ether oxygens (including phenoxy) is 2. The average molecular weight is 405 g/mol. The number of nitrogens with zero attached hydrogens (tertiary/aromatic N) is 1. The van der Waals surface area contributed by atoms with Gasteiger partial charge in [-0.1, -0.05) is 36.4 Å². The van der Waals surface area contributed by atoms with Gasteiger partial charge in [0.1, 0.15) is 18.1 Å². The molecule has 0 atom stereocenters. The summed E-state index contributed by atoms with van der Waals surface area (Å²) in [5, 5.41) is 5.30. The van der Waals surface area contributed by atoms with Crippen molar-refractivity contribution in [2.45, 2.75) is 13.2 Å². The number of benzene rings is 2. The molecular formula is C23H23N3O4. The summed E-state index contributed by atoms with van der Waals surface area (Å²) >= 11 is 0. The highest BCUT2D eigenvalue weighted by atomic mass is 16.5. The highest BCUT2D eigenvalue weighted by molar-refractivity contribution is 5.85. The zero-order chi connectivity index (χ0) is 21.0. The van der Waals surface area contributed by atoms with Gasteiger partial charge in [-0.25, -0.2) is 0 Å². The number of para-hydroxylation sites is 1. The molecule has 0 fully saturated rings. The van der Waals surface area contributed by atoms with Crippen molar-refractivity contribution >= 4 is 11.8 Å². The Labute approximate surface area is 175 Å². The van der Waals surface area contributed by atoms with Gasteiger partial charge in [0.05, 0.1) is 12.2 Å². The van der Waals surface area contributed by atoms with Crippen LogP contribution in [0.5, 0.6) is 11.5 Å². The molecule has 3 rings (SSSR count). The third-order valence-corrected chi connectivity index (χ3v) is 4.06. The maximum Gasteiger partial charge on any atom is 0.258 e. The van der Waals surface area contributed by atoms with Crippen LogP contribution in [-0.2, 0) is 22.7 Å². The van der Waals surface area contributed by atoms with Gasteiger partial charge in [0, 0.05) is 12.7 Å². The van der Waals surface area contributed by atoms with E-state index in [4.69, 9.17) is 9.47 Å². The van der Waals surface area contributed by atoms with Crippen molar-refractivity contribution in [1.29, 1.82) is 0 Å². The zero-order valence-corrected chi connectivity index (χ0v) is 16.4. The molecule has 2 aromatic carbocycles. The second-order valence-electron chi connectivity index (χ2n) is 6.41. The van der Waals surface area contributed by atoms with Crippen LogP contribution in [0.25, 0.3) is 0 Å². The lowest BCUT2D eigenvalue weighted by Crippen LogP contribution is -2.38. The molecule has 30 heavy (non-hydrogen) atoms. The van der Waals surface area contributed by atoms with E-state index in [1.165, 1.54) is 0 Å². The predicted octanol–water partition coefficient (Wildman–Crippen LogP) is 2.47. The van der Waals surface area contributed by atoms with E-state index in [0.717, 1.165) is 11.3 Å². The number of amides is 2. The average Bonchev–Trinajstić information content (AvgIpc) is 2.80. The Hall–Kier alpha value is -3.87. The van der Waals surface area contributed by atoms with Crippen LogP contribution in [0.1, 0.15) is 11.3 Å². The molecule has 0 bridgehead atoms. The largest absolute Gasteiger partial charge is 0.487 e. The summed E-state index contributed by atoms with van der Waals surface area (Å²) < 4.78 is 11.1. The van der Waals surface area contributed by atoms with Gasteiger partial charge in [0.15, 0.2) is 6.61 Å². The molecule has 1 heterocycles. The van der Waals surface area contributed by atoms with Crippen LogP contribution in [0.15, 0.2) is 79.0 Å². The van der Waals surface area contributed by atoms with Gasteiger partial charge in [0.2, 0.25) is 5.91 Å². The lowest BCUT2D eigenvalue weighted by Gasteiger charge is -2.10. The van der Waals surface area contributed by atoms with Crippen LogP contribution in [0, 0.1) is 0 Å². The van der Waals surface area contributed by atoms with E-state index in [9.17, 15) is 9.59 Å². The van der Waals surface area contributed by atoms with E-state index in [-0.39, 0.29) is 25.0 Å². The van der Waals surface area contributed by atoms with Gasteiger partial charge in [-0.3, -0.25) is 14.6 Å². The van der Waals surface area contributed by atoms with Crippen molar-refractivity contribution < 1.29 is 19.1 Å². The fraction of sp³-hybridized carbons (Fsp3) is 0.174. The van der Waals surface area contributed by atoms with E-state index < -0.39 is 0 Å². The minimum absolute atomic E-state index is 0.118. The molecule has 2 amide bonds. The number of nitrogens with one attached hydrogen (secondary N) is 2. The summed E-state index contributed by atoms with van der Waals surface area (Å²) in [6.45, 7) is 0.434. The topological polar surface area (TPSA) is 89.6 Å². The number of carbonyl (C=O) groups is 2. The Bertz CT molecular complexity index is 949. The van der Waals surface area contributed by atoms with E-state index >= 15 is 0 Å². The fourth-order valence-electron chi connectivity index (χ4n) is 2.54. The maximum absolute atomic E-state index is 12.0. The predicted molar refractivity (Wildman–Crippen MR) is 112 cm³/mol. The van der Waals surface area contributed by atoms with Crippen molar-refractivity contribution in [1.82, 2.24) is 15.6 Å². The van der Waals surface area contributed by atoms with Crippen LogP contribution in [0.4, 0.5) is 0 Å². The summed E-state index contributed by atoms with van der Waals surface area (Å²) in [7, 11) is 0. The molecular weight excluding hydrogens is 382 g/mol. The standard InChI is InChI=1S/C23H23N3O4/c27-22(15-26-23(28)17-30-20-9-2-1-3-10-20)25-14-18-7-6-11-21(13-18)29-16-19-8-4-5-12-24-19/h1-13H,14-17H2,(H,25,27)(H,26,28). The third kappa shape index (κ3) is 7.27. The number of aromatic nitrogens is 1. The van der Waals surface area contributed by atoms with Crippen molar-refractivity contribution in [3.63, 3.8) is 0 Å². The molecule has 0 aliphatic heterocycles. The molecule has 0 spiro atoms. The van der Waals surface area contributed by atoms with Crippen molar-refractivity contribution in [3.05, 3.63) is 90.3 Å². The van der Waals surface area contributed by atoms with Gasteiger partial charge in [-0.2, -0.15) is 0 Å². The van der Waals surface area contributed by atoms with E-state index in [2.05, 4.69) is 15.6 Å². The maximum atomic E-state index is 12.0. The normalized spacial score (nSPS) is 10.1. The number of rotatable bonds is 10. The number of hydrogen-bond donors (Lipinski definition) is 2. The highest BCUT2D eigenvalue weighted by Crippen LogP contribution is 2.14. The molecule has 0 aliphatic carbocycles. The molecule has 0 aliphatic rings. The van der Waals surface area contributed by atoms with Crippen LogP contribution in [0.3, 0.4) is 0 Å². The molecule has 1 aromatic heterocycles. The Morgan fingerprint density at radius 2 is 1.60 bits per heavy atom. The molecule has 7 nitrogen and oxygen atoms in total. The second kappa shape index (κ2) is 11.2. The van der Waals surface area contributed by atoms with Gasteiger partial charge in [-0.15, -0.1) is 0 Å². The van der Waals surface area contributed by atoms with Crippen molar-refractivity contribution in [2.75, 3.05) is 13.2 Å². The molecule has 0 saturated heterocycles. The summed E-state index contributed by atoms with van der Waals surface area (Å²) in [4.78, 5) is 28.0. The summed E-state index contributed by atoms with van der Waals surface area (Å²) in [6, 6.07) is 22.1. The Balaban J connectivity index is 1.36. The van der Waals surface area contributed by atoms with Crippen LogP contribution >= 0.6 is 0 Å². The first-order chi connectivity index (χ1) is 14.7. The monoisotopic (exact) mass is 405 g/mol. The minimum atomic E-state index is -0.362. The van der Waals surface area contributed by atoms with Gasteiger partial charge >= 0.3 is 0 Å². The molecule has 7 heteroatoms. The van der Waals surface area contributed by atoms with Gasteiger partial charge < -0.3 is 20.1 Å². The van der Waals surface area contributed by atoms with Crippen molar-refractivity contribution in [3.8, 4) is 11.5 Å². The lowest BCUT2D eigenvalue weighted by molar-refractivity contribution is -0.127. The molecule has 0 unspecified atom stereocenters. The number of carbonyl (C=O) groups excluding carboxylic acids is 2. The number of pyridine rings is 1. The summed E-state index contributed by atoms with van der Waals surface area (Å²) in [6.07, 6.45) is 1.72. The Kier molecular flexibility index (Phi) is 7.79. The van der Waals surface area contributed by atoms with Gasteiger partial charge in [-0.05, 0) is 42.0 Å². The molecule has 0 radical (unpaired) electrons. The first-order valence-corrected chi connectivity index (χ1v) is 9.52. The van der Waals surface area contributed by atoms with E-state index in [1.807, 2.05) is 60.7 Å². The minimum Gasteiger partial charge on any atom is -0.487 e. The fourth-order valence-corrected chi connectivity index (χ4v) is 2.54. The van der Waals surface area contributed by atoms with Crippen LogP contribution < -0.4 is 20.1 Å². The van der Waals surface area contributed by atoms with Crippen molar-refractivity contribution in [2.24, 2.45) is 0 Å². The Morgan fingerprint density at radius 1 is 0.800 bits per heavy atom. The second-order valence-corrected chi connectivity index (χ2v) is 6.41. The molecule has 154 valence electrons. The van der Waals surface area contributed by atoms with Crippen LogP contribution in [-0.4, -0.2) is 29.9 Å². The third-order valence-electron chi connectivity index (χ3n) is 4.06. The SMILES string of the molecule is O=C(CNC(=O)COc1ccccc1)NCc1cccc(OCc2ccccn2)c1. The molecule has 2 N–H and O–H groups in total.